The molecule has 0 unspecified atom stereocenters. The SMILES string of the molecule is CC1CCC(N(C)c2ccc(C(N)=S)cn2)CC1. The Kier molecular flexibility index (Phi) is 4.17. The Hall–Kier alpha value is -1.16. The second-order valence-corrected chi connectivity index (χ2v) is 5.73. The van der Waals surface area contributed by atoms with Gasteiger partial charge in [0.05, 0.1) is 0 Å². The highest BCUT2D eigenvalue weighted by Gasteiger charge is 2.22. The molecule has 2 N–H and O–H groups in total. The number of thiocarbonyl (C=S) groups is 1. The molecule has 3 nitrogen and oxygen atoms in total. The molecule has 0 radical (unpaired) electrons. The van der Waals surface area contributed by atoms with Gasteiger partial charge in [0.15, 0.2) is 0 Å². The van der Waals surface area contributed by atoms with E-state index < -0.39 is 0 Å². The molecule has 4 heteroatoms. The normalized spacial score (nSPS) is 23.7. The van der Waals surface area contributed by atoms with E-state index in [2.05, 4.69) is 23.9 Å². The minimum absolute atomic E-state index is 0.406. The quantitative estimate of drug-likeness (QED) is 0.852. The van der Waals surface area contributed by atoms with Crippen LogP contribution < -0.4 is 10.6 Å². The first-order chi connectivity index (χ1) is 8.58. The number of anilines is 1. The molecule has 0 bridgehead atoms. The van der Waals surface area contributed by atoms with E-state index >= 15 is 0 Å². The Balaban J connectivity index is 2.04. The van der Waals surface area contributed by atoms with Crippen molar-refractivity contribution in [2.75, 3.05) is 11.9 Å². The Morgan fingerprint density at radius 2 is 2.00 bits per heavy atom. The van der Waals surface area contributed by atoms with Gasteiger partial charge in [-0.25, -0.2) is 4.98 Å². The average molecular weight is 263 g/mol. The molecular weight excluding hydrogens is 242 g/mol. The van der Waals surface area contributed by atoms with Crippen LogP contribution in [-0.4, -0.2) is 23.1 Å². The number of nitrogens with zero attached hydrogens (tertiary/aromatic N) is 2. The van der Waals surface area contributed by atoms with E-state index in [1.165, 1.54) is 25.7 Å². The van der Waals surface area contributed by atoms with Crippen LogP contribution >= 0.6 is 12.2 Å². The minimum atomic E-state index is 0.406. The summed E-state index contributed by atoms with van der Waals surface area (Å²) in [5.74, 6) is 1.88. The molecule has 1 aromatic rings. The zero-order valence-corrected chi connectivity index (χ0v) is 11.9. The Morgan fingerprint density at radius 1 is 1.33 bits per heavy atom. The van der Waals surface area contributed by atoms with Gasteiger partial charge in [-0.1, -0.05) is 19.1 Å². The molecule has 1 aliphatic rings. The Bertz CT molecular complexity index is 408. The summed E-state index contributed by atoms with van der Waals surface area (Å²) in [5, 5.41) is 0. The second kappa shape index (κ2) is 5.65. The monoisotopic (exact) mass is 263 g/mol. The molecule has 0 atom stereocenters. The van der Waals surface area contributed by atoms with Gasteiger partial charge >= 0.3 is 0 Å². The first-order valence-electron chi connectivity index (χ1n) is 6.56. The molecule has 0 amide bonds. The maximum atomic E-state index is 5.58. The minimum Gasteiger partial charge on any atom is -0.389 e. The fourth-order valence-corrected chi connectivity index (χ4v) is 2.68. The van der Waals surface area contributed by atoms with E-state index in [4.69, 9.17) is 18.0 Å². The van der Waals surface area contributed by atoms with Crippen molar-refractivity contribution >= 4 is 23.0 Å². The second-order valence-electron chi connectivity index (χ2n) is 5.29. The molecule has 1 heterocycles. The molecule has 98 valence electrons. The molecule has 1 fully saturated rings. The molecule has 0 saturated heterocycles. The molecule has 1 saturated carbocycles. The van der Waals surface area contributed by atoms with Crippen molar-refractivity contribution in [1.29, 1.82) is 0 Å². The number of nitrogens with two attached hydrogens (primary N) is 1. The van der Waals surface area contributed by atoms with Crippen LogP contribution in [0.25, 0.3) is 0 Å². The van der Waals surface area contributed by atoms with Crippen LogP contribution in [0.15, 0.2) is 18.3 Å². The highest BCUT2D eigenvalue weighted by molar-refractivity contribution is 7.80. The molecule has 1 aliphatic carbocycles. The van der Waals surface area contributed by atoms with Crippen molar-refractivity contribution in [2.45, 2.75) is 38.6 Å². The summed E-state index contributed by atoms with van der Waals surface area (Å²) in [6.45, 7) is 2.34. The van der Waals surface area contributed by atoms with E-state index in [0.29, 0.717) is 11.0 Å². The third kappa shape index (κ3) is 2.99. The van der Waals surface area contributed by atoms with Gasteiger partial charge < -0.3 is 10.6 Å². The van der Waals surface area contributed by atoms with Crippen molar-refractivity contribution in [2.24, 2.45) is 11.7 Å². The first kappa shape index (κ1) is 13.3. The average Bonchev–Trinajstić information content (AvgIpc) is 2.39. The summed E-state index contributed by atoms with van der Waals surface area (Å²) in [7, 11) is 2.13. The fourth-order valence-electron chi connectivity index (χ4n) is 2.56. The zero-order chi connectivity index (χ0) is 13.1. The first-order valence-corrected chi connectivity index (χ1v) is 6.97. The van der Waals surface area contributed by atoms with Crippen molar-refractivity contribution in [3.63, 3.8) is 0 Å². The highest BCUT2D eigenvalue weighted by Crippen LogP contribution is 2.28. The van der Waals surface area contributed by atoms with Gasteiger partial charge in [-0.2, -0.15) is 0 Å². The van der Waals surface area contributed by atoms with Gasteiger partial charge in [-0.05, 0) is 43.7 Å². The summed E-state index contributed by atoms with van der Waals surface area (Å²) >= 11 is 4.93. The summed E-state index contributed by atoms with van der Waals surface area (Å²) < 4.78 is 0. The van der Waals surface area contributed by atoms with Crippen LogP contribution in [0.5, 0.6) is 0 Å². The van der Waals surface area contributed by atoms with Crippen LogP contribution in [0.4, 0.5) is 5.82 Å². The van der Waals surface area contributed by atoms with E-state index in [-0.39, 0.29) is 0 Å². The smallest absolute Gasteiger partial charge is 0.128 e. The number of rotatable bonds is 3. The van der Waals surface area contributed by atoms with E-state index in [9.17, 15) is 0 Å². The topological polar surface area (TPSA) is 42.1 Å². The number of aromatic nitrogens is 1. The predicted octanol–water partition coefficient (Wildman–Crippen LogP) is 2.73. The van der Waals surface area contributed by atoms with Gasteiger partial charge in [0.25, 0.3) is 0 Å². The number of hydrogen-bond donors (Lipinski definition) is 1. The fraction of sp³-hybridized carbons (Fsp3) is 0.571. The molecule has 0 aliphatic heterocycles. The summed E-state index contributed by atoms with van der Waals surface area (Å²) in [6, 6.07) is 4.57. The maximum Gasteiger partial charge on any atom is 0.128 e. The van der Waals surface area contributed by atoms with Crippen molar-refractivity contribution < 1.29 is 0 Å². The summed E-state index contributed by atoms with van der Waals surface area (Å²) in [5.41, 5.74) is 6.41. The zero-order valence-electron chi connectivity index (χ0n) is 11.1. The van der Waals surface area contributed by atoms with Crippen LogP contribution in [0.3, 0.4) is 0 Å². The molecule has 0 aromatic carbocycles. The van der Waals surface area contributed by atoms with Crippen LogP contribution in [0.2, 0.25) is 0 Å². The summed E-state index contributed by atoms with van der Waals surface area (Å²) in [4.78, 5) is 7.15. The Labute approximate surface area is 114 Å². The molecule has 0 spiro atoms. The van der Waals surface area contributed by atoms with E-state index in [1.54, 1.807) is 6.20 Å². The van der Waals surface area contributed by atoms with Crippen LogP contribution in [0, 0.1) is 5.92 Å². The third-order valence-electron chi connectivity index (χ3n) is 3.93. The van der Waals surface area contributed by atoms with Gasteiger partial charge in [-0.15, -0.1) is 0 Å². The number of hydrogen-bond acceptors (Lipinski definition) is 3. The highest BCUT2D eigenvalue weighted by atomic mass is 32.1. The van der Waals surface area contributed by atoms with E-state index in [1.807, 2.05) is 12.1 Å². The predicted molar refractivity (Wildman–Crippen MR) is 79.9 cm³/mol. The molecule has 1 aromatic heterocycles. The third-order valence-corrected chi connectivity index (χ3v) is 4.16. The largest absolute Gasteiger partial charge is 0.389 e. The van der Waals surface area contributed by atoms with Crippen molar-refractivity contribution in [3.05, 3.63) is 23.9 Å². The van der Waals surface area contributed by atoms with Crippen molar-refractivity contribution in [1.82, 2.24) is 4.98 Å². The van der Waals surface area contributed by atoms with Crippen LogP contribution in [-0.2, 0) is 0 Å². The van der Waals surface area contributed by atoms with Crippen LogP contribution in [0.1, 0.15) is 38.2 Å². The molecule has 18 heavy (non-hydrogen) atoms. The number of pyridine rings is 1. The molecular formula is C14H21N3S. The Morgan fingerprint density at radius 3 is 2.50 bits per heavy atom. The van der Waals surface area contributed by atoms with Gasteiger partial charge in [0, 0.05) is 24.8 Å². The maximum absolute atomic E-state index is 5.58. The van der Waals surface area contributed by atoms with Crippen molar-refractivity contribution in [3.8, 4) is 0 Å². The standard InChI is InChI=1S/C14H21N3S/c1-10-3-6-12(7-4-10)17(2)13-8-5-11(9-16-13)14(15)18/h5,8-10,12H,3-4,6-7H2,1-2H3,(H2,15,18). The molecule has 2 rings (SSSR count). The lowest BCUT2D eigenvalue weighted by Gasteiger charge is -2.34. The van der Waals surface area contributed by atoms with Gasteiger partial charge in [-0.3, -0.25) is 0 Å². The van der Waals surface area contributed by atoms with E-state index in [0.717, 1.165) is 17.3 Å². The van der Waals surface area contributed by atoms with Gasteiger partial charge in [0.1, 0.15) is 10.8 Å². The lowest BCUT2D eigenvalue weighted by atomic mass is 9.87. The lowest BCUT2D eigenvalue weighted by molar-refractivity contribution is 0.340. The van der Waals surface area contributed by atoms with Gasteiger partial charge in [0.2, 0.25) is 0 Å². The summed E-state index contributed by atoms with van der Waals surface area (Å²) in [6.07, 6.45) is 6.92. The lowest BCUT2D eigenvalue weighted by Crippen LogP contribution is -2.35.